The number of benzene rings is 1. The fourth-order valence-electron chi connectivity index (χ4n) is 1.18. The number of carbonyl (C=O) groups is 1. The predicted molar refractivity (Wildman–Crippen MR) is 66.5 cm³/mol. The molecule has 0 bridgehead atoms. The Balaban J connectivity index is 3.02. The Labute approximate surface area is 93.8 Å². The van der Waals surface area contributed by atoms with Crippen LogP contribution < -0.4 is 5.73 Å². The largest absolute Gasteiger partial charge is 0.399 e. The molecule has 0 fully saturated rings. The molecule has 1 aromatic carbocycles. The third-order valence-corrected chi connectivity index (χ3v) is 2.72. The van der Waals surface area contributed by atoms with Gasteiger partial charge in [0.1, 0.15) is 0 Å². The van der Waals surface area contributed by atoms with Gasteiger partial charge >= 0.3 is 0 Å². The molecule has 0 aliphatic rings. The van der Waals surface area contributed by atoms with Gasteiger partial charge < -0.3 is 5.73 Å². The SMILES string of the molecule is CSC(C)=NC(=O)c1ccc(N)cc1C. The van der Waals surface area contributed by atoms with Gasteiger partial charge in [-0.3, -0.25) is 4.79 Å². The second kappa shape index (κ2) is 4.98. The molecule has 2 N–H and O–H groups in total. The lowest BCUT2D eigenvalue weighted by Gasteiger charge is -2.02. The molecule has 0 aliphatic carbocycles. The standard InChI is InChI=1S/C11H14N2OS/c1-7-6-9(12)4-5-10(7)11(14)13-8(2)15-3/h4-6H,12H2,1-3H3. The van der Waals surface area contributed by atoms with Gasteiger partial charge in [-0.2, -0.15) is 0 Å². The molecule has 0 heterocycles. The van der Waals surface area contributed by atoms with Gasteiger partial charge in [0.2, 0.25) is 0 Å². The van der Waals surface area contributed by atoms with Gasteiger partial charge in [0.05, 0.1) is 5.04 Å². The maximum Gasteiger partial charge on any atom is 0.277 e. The van der Waals surface area contributed by atoms with Crippen molar-refractivity contribution in [2.24, 2.45) is 4.99 Å². The molecule has 1 aromatic rings. The first-order valence-electron chi connectivity index (χ1n) is 4.54. The average molecular weight is 222 g/mol. The van der Waals surface area contributed by atoms with E-state index in [4.69, 9.17) is 5.73 Å². The lowest BCUT2D eigenvalue weighted by atomic mass is 10.1. The van der Waals surface area contributed by atoms with Crippen molar-refractivity contribution in [2.75, 3.05) is 12.0 Å². The van der Waals surface area contributed by atoms with Gasteiger partial charge in [-0.1, -0.05) is 0 Å². The van der Waals surface area contributed by atoms with E-state index < -0.39 is 0 Å². The topological polar surface area (TPSA) is 55.5 Å². The predicted octanol–water partition coefficient (Wildman–Crippen LogP) is 2.50. The number of anilines is 1. The molecule has 3 nitrogen and oxygen atoms in total. The zero-order valence-electron chi connectivity index (χ0n) is 9.07. The molecule has 0 saturated carbocycles. The molecule has 15 heavy (non-hydrogen) atoms. The summed E-state index contributed by atoms with van der Waals surface area (Å²) in [6.07, 6.45) is 1.89. The Morgan fingerprint density at radius 3 is 2.67 bits per heavy atom. The molecular formula is C11H14N2OS. The summed E-state index contributed by atoms with van der Waals surface area (Å²) >= 11 is 1.46. The number of aryl methyl sites for hydroxylation is 1. The molecule has 80 valence electrons. The van der Waals surface area contributed by atoms with Crippen molar-refractivity contribution in [1.29, 1.82) is 0 Å². The number of rotatable bonds is 1. The summed E-state index contributed by atoms with van der Waals surface area (Å²) in [5.41, 5.74) is 7.73. The van der Waals surface area contributed by atoms with Crippen molar-refractivity contribution in [3.8, 4) is 0 Å². The number of amides is 1. The summed E-state index contributed by atoms with van der Waals surface area (Å²) in [6.45, 7) is 3.67. The Bertz CT molecular complexity index is 413. The first kappa shape index (κ1) is 11.8. The summed E-state index contributed by atoms with van der Waals surface area (Å²) in [4.78, 5) is 15.7. The Kier molecular flexibility index (Phi) is 3.91. The van der Waals surface area contributed by atoms with Crippen LogP contribution in [-0.2, 0) is 0 Å². The van der Waals surface area contributed by atoms with E-state index in [9.17, 15) is 4.79 Å². The van der Waals surface area contributed by atoms with Crippen LogP contribution in [0.2, 0.25) is 0 Å². The van der Waals surface area contributed by atoms with Crippen LogP contribution in [0.25, 0.3) is 0 Å². The van der Waals surface area contributed by atoms with Crippen molar-refractivity contribution in [3.63, 3.8) is 0 Å². The van der Waals surface area contributed by atoms with E-state index >= 15 is 0 Å². The molecule has 0 radical (unpaired) electrons. The molecule has 0 saturated heterocycles. The molecule has 1 amide bonds. The van der Waals surface area contributed by atoms with E-state index in [1.165, 1.54) is 11.8 Å². The quantitative estimate of drug-likeness (QED) is 0.451. The number of carbonyl (C=O) groups excluding carboxylic acids is 1. The summed E-state index contributed by atoms with van der Waals surface area (Å²) in [5, 5.41) is 0.760. The monoisotopic (exact) mass is 222 g/mol. The number of aliphatic imine (C=N–C) groups is 1. The number of thioether (sulfide) groups is 1. The second-order valence-corrected chi connectivity index (χ2v) is 4.21. The van der Waals surface area contributed by atoms with Gasteiger partial charge in [0.25, 0.3) is 5.91 Å². The minimum absolute atomic E-state index is 0.209. The molecule has 0 atom stereocenters. The highest BCUT2D eigenvalue weighted by atomic mass is 32.2. The highest BCUT2D eigenvalue weighted by molar-refractivity contribution is 8.13. The third-order valence-electron chi connectivity index (χ3n) is 2.04. The lowest BCUT2D eigenvalue weighted by molar-refractivity contribution is 0.100. The smallest absolute Gasteiger partial charge is 0.277 e. The first-order valence-corrected chi connectivity index (χ1v) is 5.77. The zero-order chi connectivity index (χ0) is 11.4. The van der Waals surface area contributed by atoms with Crippen LogP contribution in [0.1, 0.15) is 22.8 Å². The fourth-order valence-corrected chi connectivity index (χ4v) is 1.35. The van der Waals surface area contributed by atoms with Gasteiger partial charge in [-0.05, 0) is 43.9 Å². The van der Waals surface area contributed by atoms with Crippen molar-refractivity contribution >= 4 is 28.4 Å². The van der Waals surface area contributed by atoms with E-state index in [0.717, 1.165) is 10.6 Å². The number of nitrogens with two attached hydrogens (primary N) is 1. The van der Waals surface area contributed by atoms with Crippen LogP contribution in [0.15, 0.2) is 23.2 Å². The number of hydrogen-bond donors (Lipinski definition) is 1. The highest BCUT2D eigenvalue weighted by Crippen LogP contribution is 2.14. The maximum absolute atomic E-state index is 11.7. The lowest BCUT2D eigenvalue weighted by Crippen LogP contribution is -2.01. The molecule has 0 aromatic heterocycles. The molecule has 1 rings (SSSR count). The van der Waals surface area contributed by atoms with E-state index in [1.54, 1.807) is 18.2 Å². The van der Waals surface area contributed by atoms with Crippen molar-refractivity contribution in [2.45, 2.75) is 13.8 Å². The summed E-state index contributed by atoms with van der Waals surface area (Å²) < 4.78 is 0. The second-order valence-electron chi connectivity index (χ2n) is 3.21. The van der Waals surface area contributed by atoms with Crippen LogP contribution in [0.4, 0.5) is 5.69 Å². The van der Waals surface area contributed by atoms with Gasteiger partial charge in [0, 0.05) is 11.3 Å². The van der Waals surface area contributed by atoms with E-state index in [0.29, 0.717) is 11.3 Å². The maximum atomic E-state index is 11.7. The number of nitrogens with zero attached hydrogens (tertiary/aromatic N) is 1. The van der Waals surface area contributed by atoms with Crippen molar-refractivity contribution in [1.82, 2.24) is 0 Å². The van der Waals surface area contributed by atoms with Crippen LogP contribution in [0, 0.1) is 6.92 Å². The van der Waals surface area contributed by atoms with Gasteiger partial charge in [0.15, 0.2) is 0 Å². The minimum atomic E-state index is -0.209. The van der Waals surface area contributed by atoms with Gasteiger partial charge in [-0.15, -0.1) is 11.8 Å². The Morgan fingerprint density at radius 2 is 2.13 bits per heavy atom. The highest BCUT2D eigenvalue weighted by Gasteiger charge is 2.07. The van der Waals surface area contributed by atoms with E-state index in [-0.39, 0.29) is 5.91 Å². The fraction of sp³-hybridized carbons (Fsp3) is 0.273. The molecule has 4 heteroatoms. The molecule has 0 aliphatic heterocycles. The normalized spacial score (nSPS) is 11.5. The van der Waals surface area contributed by atoms with Crippen LogP contribution in [0.5, 0.6) is 0 Å². The van der Waals surface area contributed by atoms with Gasteiger partial charge in [-0.25, -0.2) is 4.99 Å². The summed E-state index contributed by atoms with van der Waals surface area (Å²) in [7, 11) is 0. The molecule has 0 unspecified atom stereocenters. The first-order chi connectivity index (χ1) is 7.04. The van der Waals surface area contributed by atoms with E-state index in [2.05, 4.69) is 4.99 Å². The Morgan fingerprint density at radius 1 is 1.47 bits per heavy atom. The van der Waals surface area contributed by atoms with E-state index in [1.807, 2.05) is 20.1 Å². The number of hydrogen-bond acceptors (Lipinski definition) is 3. The summed E-state index contributed by atoms with van der Waals surface area (Å²) in [6, 6.07) is 5.20. The molecular weight excluding hydrogens is 208 g/mol. The van der Waals surface area contributed by atoms with Crippen LogP contribution >= 0.6 is 11.8 Å². The summed E-state index contributed by atoms with van der Waals surface area (Å²) in [5.74, 6) is -0.209. The third kappa shape index (κ3) is 3.09. The Hall–Kier alpha value is -1.29. The van der Waals surface area contributed by atoms with Crippen LogP contribution in [0.3, 0.4) is 0 Å². The minimum Gasteiger partial charge on any atom is -0.399 e. The van der Waals surface area contributed by atoms with Crippen molar-refractivity contribution < 1.29 is 4.79 Å². The average Bonchev–Trinajstić information content (AvgIpc) is 2.17. The van der Waals surface area contributed by atoms with Crippen molar-refractivity contribution in [3.05, 3.63) is 29.3 Å². The zero-order valence-corrected chi connectivity index (χ0v) is 9.89. The number of nitrogen functional groups attached to an aromatic ring is 1. The molecule has 0 spiro atoms. The van der Waals surface area contributed by atoms with Crippen LogP contribution in [-0.4, -0.2) is 17.2 Å².